The van der Waals surface area contributed by atoms with E-state index < -0.39 is 10.0 Å². The van der Waals surface area contributed by atoms with Crippen LogP contribution in [0.15, 0.2) is 40.0 Å². The lowest BCUT2D eigenvalue weighted by Crippen LogP contribution is -2.12. The second-order valence-electron chi connectivity index (χ2n) is 4.25. The second-order valence-corrected chi connectivity index (χ2v) is 7.19. The summed E-state index contributed by atoms with van der Waals surface area (Å²) in [4.78, 5) is 0.0551. The number of aliphatic hydroxyl groups is 1. The monoisotopic (exact) mass is 393 g/mol. The molecule has 0 spiro atoms. The predicted molar refractivity (Wildman–Crippen MR) is 83.9 cm³/mol. The summed E-state index contributed by atoms with van der Waals surface area (Å²) >= 11 is 9.17. The highest BCUT2D eigenvalue weighted by atomic mass is 79.9. The molecule has 2 N–H and O–H groups in total. The molecule has 0 aliphatic rings. The molecule has 2 aromatic rings. The predicted octanol–water partition coefficient (Wildman–Crippen LogP) is 2.48. The Morgan fingerprint density at radius 3 is 2.86 bits per heavy atom. The van der Waals surface area contributed by atoms with E-state index >= 15 is 0 Å². The van der Waals surface area contributed by atoms with E-state index in [-0.39, 0.29) is 11.5 Å². The molecular weight excluding hydrogens is 382 g/mol. The normalized spacial score (nSPS) is 11.6. The van der Waals surface area contributed by atoms with Gasteiger partial charge in [0.2, 0.25) is 0 Å². The summed E-state index contributed by atoms with van der Waals surface area (Å²) in [6.45, 7) is 0.480. The molecule has 0 bridgehead atoms. The van der Waals surface area contributed by atoms with Crippen molar-refractivity contribution in [1.82, 2.24) is 9.78 Å². The maximum Gasteiger partial charge on any atom is 0.265 e. The van der Waals surface area contributed by atoms with Crippen LogP contribution in [0.5, 0.6) is 0 Å². The van der Waals surface area contributed by atoms with Crippen LogP contribution in [0.25, 0.3) is 0 Å². The number of aliphatic hydroxyl groups excluding tert-OH is 1. The third-order valence-corrected chi connectivity index (χ3v) is 5.21. The maximum absolute atomic E-state index is 12.2. The van der Waals surface area contributed by atoms with E-state index in [0.29, 0.717) is 28.1 Å². The fraction of sp³-hybridized carbons (Fsp3) is 0.250. The summed E-state index contributed by atoms with van der Waals surface area (Å²) in [5.41, 5.74) is 0.367. The largest absolute Gasteiger partial charge is 0.396 e. The van der Waals surface area contributed by atoms with Gasteiger partial charge in [-0.2, -0.15) is 5.10 Å². The van der Waals surface area contributed by atoms with E-state index in [1.165, 1.54) is 23.1 Å². The molecule has 0 fully saturated rings. The first-order chi connectivity index (χ1) is 9.92. The van der Waals surface area contributed by atoms with Gasteiger partial charge in [0.1, 0.15) is 4.90 Å². The van der Waals surface area contributed by atoms with Crippen molar-refractivity contribution in [2.75, 3.05) is 11.3 Å². The molecule has 1 aromatic heterocycles. The van der Waals surface area contributed by atoms with Gasteiger partial charge in [-0.3, -0.25) is 9.40 Å². The number of anilines is 1. The number of halogens is 2. The molecule has 0 saturated carbocycles. The highest BCUT2D eigenvalue weighted by Gasteiger charge is 2.17. The third-order valence-electron chi connectivity index (χ3n) is 2.64. The number of rotatable bonds is 6. The van der Waals surface area contributed by atoms with Crippen LogP contribution in [0.3, 0.4) is 0 Å². The van der Waals surface area contributed by atoms with Crippen LogP contribution in [0.1, 0.15) is 6.42 Å². The van der Waals surface area contributed by atoms with E-state index in [0.717, 1.165) is 0 Å². The van der Waals surface area contributed by atoms with Gasteiger partial charge >= 0.3 is 0 Å². The number of hydrogen-bond donors (Lipinski definition) is 2. The molecule has 0 aliphatic heterocycles. The second kappa shape index (κ2) is 6.78. The Morgan fingerprint density at radius 2 is 2.19 bits per heavy atom. The molecule has 9 heteroatoms. The topological polar surface area (TPSA) is 84.2 Å². The molecule has 0 aliphatic carbocycles. The van der Waals surface area contributed by atoms with Gasteiger partial charge in [-0.1, -0.05) is 11.6 Å². The van der Waals surface area contributed by atoms with Crippen molar-refractivity contribution in [1.29, 1.82) is 0 Å². The number of benzene rings is 1. The Morgan fingerprint density at radius 1 is 1.43 bits per heavy atom. The molecule has 114 valence electrons. The zero-order valence-electron chi connectivity index (χ0n) is 10.8. The number of sulfonamides is 1. The van der Waals surface area contributed by atoms with E-state index in [4.69, 9.17) is 16.7 Å². The maximum atomic E-state index is 12.2. The van der Waals surface area contributed by atoms with Crippen molar-refractivity contribution in [2.24, 2.45) is 0 Å². The number of aromatic nitrogens is 2. The first kappa shape index (κ1) is 16.3. The minimum Gasteiger partial charge on any atom is -0.396 e. The Kier molecular flexibility index (Phi) is 5.26. The molecule has 0 saturated heterocycles. The van der Waals surface area contributed by atoms with Gasteiger partial charge in [0.05, 0.1) is 16.9 Å². The minimum absolute atomic E-state index is 0.0254. The molecule has 1 heterocycles. The zero-order chi connectivity index (χ0) is 15.5. The van der Waals surface area contributed by atoms with Gasteiger partial charge in [0.25, 0.3) is 10.0 Å². The van der Waals surface area contributed by atoms with E-state index in [9.17, 15) is 8.42 Å². The first-order valence-corrected chi connectivity index (χ1v) is 8.69. The first-order valence-electron chi connectivity index (χ1n) is 6.03. The fourth-order valence-corrected chi connectivity index (χ4v) is 3.04. The van der Waals surface area contributed by atoms with E-state index in [1.54, 1.807) is 12.1 Å². The lowest BCUT2D eigenvalue weighted by atomic mass is 10.3. The van der Waals surface area contributed by atoms with Gasteiger partial charge in [-0.25, -0.2) is 8.42 Å². The van der Waals surface area contributed by atoms with E-state index in [1.807, 2.05) is 0 Å². The van der Waals surface area contributed by atoms with Crippen molar-refractivity contribution >= 4 is 43.2 Å². The standard InChI is InChI=1S/C12H13BrClN3O3S/c13-11-3-2-9(6-12(11)14)16-21(19,20)10-7-15-17(8-10)4-1-5-18/h2-3,6-8,16,18H,1,4-5H2. The van der Waals surface area contributed by atoms with Crippen molar-refractivity contribution in [3.05, 3.63) is 40.1 Å². The molecule has 0 amide bonds. The van der Waals surface area contributed by atoms with Crippen LogP contribution >= 0.6 is 27.5 Å². The lowest BCUT2D eigenvalue weighted by molar-refractivity contribution is 0.277. The number of nitrogens with one attached hydrogen (secondary N) is 1. The minimum atomic E-state index is -3.72. The molecule has 21 heavy (non-hydrogen) atoms. The Hall–Kier alpha value is -1.09. The molecule has 6 nitrogen and oxygen atoms in total. The highest BCUT2D eigenvalue weighted by Crippen LogP contribution is 2.26. The number of aryl methyl sites for hydroxylation is 1. The van der Waals surface area contributed by atoms with Crippen molar-refractivity contribution in [3.63, 3.8) is 0 Å². The Balaban J connectivity index is 2.17. The van der Waals surface area contributed by atoms with Crippen LogP contribution < -0.4 is 4.72 Å². The summed E-state index contributed by atoms with van der Waals surface area (Å²) < 4.78 is 29.0. The quantitative estimate of drug-likeness (QED) is 0.788. The summed E-state index contributed by atoms with van der Waals surface area (Å²) in [5, 5.41) is 13.1. The van der Waals surface area contributed by atoms with Crippen LogP contribution in [0.2, 0.25) is 5.02 Å². The molecule has 0 atom stereocenters. The molecular formula is C12H13BrClN3O3S. The van der Waals surface area contributed by atoms with Crippen molar-refractivity contribution < 1.29 is 13.5 Å². The molecule has 2 rings (SSSR count). The average Bonchev–Trinajstić information content (AvgIpc) is 2.90. The van der Waals surface area contributed by atoms with Gasteiger partial charge in [-0.15, -0.1) is 0 Å². The summed E-state index contributed by atoms with van der Waals surface area (Å²) in [5.74, 6) is 0. The highest BCUT2D eigenvalue weighted by molar-refractivity contribution is 9.10. The van der Waals surface area contributed by atoms with Gasteiger partial charge < -0.3 is 5.11 Å². The fourth-order valence-electron chi connectivity index (χ4n) is 1.61. The molecule has 0 unspecified atom stereocenters. The summed E-state index contributed by atoms with van der Waals surface area (Å²) in [7, 11) is -3.72. The summed E-state index contributed by atoms with van der Waals surface area (Å²) in [6.07, 6.45) is 3.19. The summed E-state index contributed by atoms with van der Waals surface area (Å²) in [6, 6.07) is 4.77. The molecule has 1 aromatic carbocycles. The SMILES string of the molecule is O=S(=O)(Nc1ccc(Br)c(Cl)c1)c1cnn(CCCO)c1. The Labute approximate surface area is 135 Å². The van der Waals surface area contributed by atoms with Gasteiger partial charge in [0.15, 0.2) is 0 Å². The van der Waals surface area contributed by atoms with Crippen LogP contribution in [0.4, 0.5) is 5.69 Å². The van der Waals surface area contributed by atoms with Crippen molar-refractivity contribution in [2.45, 2.75) is 17.9 Å². The van der Waals surface area contributed by atoms with E-state index in [2.05, 4.69) is 25.8 Å². The number of hydrogen-bond acceptors (Lipinski definition) is 4. The zero-order valence-corrected chi connectivity index (χ0v) is 14.0. The van der Waals surface area contributed by atoms with Crippen molar-refractivity contribution in [3.8, 4) is 0 Å². The van der Waals surface area contributed by atoms with Crippen LogP contribution in [0, 0.1) is 0 Å². The van der Waals surface area contributed by atoms with Crippen LogP contribution in [-0.2, 0) is 16.6 Å². The number of nitrogens with zero attached hydrogens (tertiary/aromatic N) is 2. The lowest BCUT2D eigenvalue weighted by Gasteiger charge is -2.07. The van der Waals surface area contributed by atoms with Gasteiger partial charge in [0, 0.05) is 23.8 Å². The Bertz CT molecular complexity index is 733. The smallest absolute Gasteiger partial charge is 0.265 e. The van der Waals surface area contributed by atoms with Crippen LogP contribution in [-0.4, -0.2) is 29.9 Å². The molecule has 0 radical (unpaired) electrons. The third kappa shape index (κ3) is 4.19. The van der Waals surface area contributed by atoms with Gasteiger partial charge in [-0.05, 0) is 40.5 Å². The average molecular weight is 395 g/mol.